The first-order valence-electron chi connectivity index (χ1n) is 7.30. The topological polar surface area (TPSA) is 35.4 Å². The van der Waals surface area contributed by atoms with Crippen molar-refractivity contribution in [2.45, 2.75) is 26.4 Å². The Bertz CT molecular complexity index is 674. The average Bonchev–Trinajstić information content (AvgIpc) is 2.83. The summed E-state index contributed by atoms with van der Waals surface area (Å²) in [5.74, 6) is 0.705. The van der Waals surface area contributed by atoms with E-state index >= 15 is 0 Å². The van der Waals surface area contributed by atoms with E-state index in [0.717, 1.165) is 19.0 Å². The smallest absolute Gasteiger partial charge is 0.292 e. The maximum absolute atomic E-state index is 13.8. The number of nitrogens with zero attached hydrogens (tertiary/aromatic N) is 2. The minimum atomic E-state index is -0.347. The van der Waals surface area contributed by atoms with E-state index in [1.807, 2.05) is 0 Å². The Labute approximate surface area is 128 Å². The molecule has 2 heterocycles. The van der Waals surface area contributed by atoms with Crippen LogP contribution in [0.4, 0.5) is 4.39 Å². The Morgan fingerprint density at radius 2 is 2.10 bits per heavy atom. The van der Waals surface area contributed by atoms with E-state index in [0.29, 0.717) is 17.1 Å². The number of quaternary nitrogens is 1. The lowest BCUT2D eigenvalue weighted by molar-refractivity contribution is -0.929. The Balaban J connectivity index is 1.79. The summed E-state index contributed by atoms with van der Waals surface area (Å²) in [7, 11) is 0. The lowest BCUT2D eigenvalue weighted by Gasteiger charge is -2.26. The third-order valence-electron chi connectivity index (χ3n) is 4.07. The van der Waals surface area contributed by atoms with Gasteiger partial charge in [-0.15, -0.1) is 5.10 Å². The number of rotatable bonds is 3. The van der Waals surface area contributed by atoms with Crippen molar-refractivity contribution in [3.05, 3.63) is 34.9 Å². The third kappa shape index (κ3) is 3.22. The number of aromatic nitrogens is 2. The molecule has 6 heteroatoms. The predicted molar refractivity (Wildman–Crippen MR) is 79.8 cm³/mol. The number of likely N-dealkylation sites (tertiary alicyclic amines) is 1. The highest BCUT2D eigenvalue weighted by atomic mass is 32.1. The summed E-state index contributed by atoms with van der Waals surface area (Å²) in [6, 6.07) is 6.44. The average molecular weight is 308 g/mol. The van der Waals surface area contributed by atoms with Gasteiger partial charge in [-0.3, -0.25) is 0 Å². The van der Waals surface area contributed by atoms with Crippen molar-refractivity contribution in [2.24, 2.45) is 5.92 Å². The van der Waals surface area contributed by atoms with Gasteiger partial charge < -0.3 is 9.32 Å². The molecular formula is C15H19FN3OS+. The van der Waals surface area contributed by atoms with Crippen LogP contribution in [0.5, 0.6) is 0 Å². The van der Waals surface area contributed by atoms with Crippen molar-refractivity contribution in [3.8, 4) is 11.5 Å². The van der Waals surface area contributed by atoms with Gasteiger partial charge in [-0.2, -0.15) is 4.68 Å². The second-order valence-corrected chi connectivity index (χ2v) is 6.09. The lowest BCUT2D eigenvalue weighted by atomic mass is 10.00. The van der Waals surface area contributed by atoms with Crippen LogP contribution in [-0.4, -0.2) is 22.9 Å². The fourth-order valence-electron chi connectivity index (χ4n) is 2.69. The second kappa shape index (κ2) is 6.07. The van der Waals surface area contributed by atoms with Crippen LogP contribution in [0, 0.1) is 16.6 Å². The Kier molecular flexibility index (Phi) is 4.17. The molecule has 0 amide bonds. The highest BCUT2D eigenvalue weighted by Gasteiger charge is 2.21. The summed E-state index contributed by atoms with van der Waals surface area (Å²) in [4.78, 5) is 1.75. The molecule has 1 aromatic heterocycles. The Hall–Kier alpha value is -1.53. The molecule has 4 nitrogen and oxygen atoms in total. The molecule has 1 saturated heterocycles. The maximum Gasteiger partial charge on any atom is 0.292 e. The van der Waals surface area contributed by atoms with Crippen LogP contribution in [0.15, 0.2) is 28.7 Å². The SMILES string of the molecule is CC1CC[NH+](Cn2nc(-c3ccccc3F)oc2=S)CC1. The highest BCUT2D eigenvalue weighted by molar-refractivity contribution is 7.71. The fourth-order valence-corrected chi connectivity index (χ4v) is 2.87. The summed E-state index contributed by atoms with van der Waals surface area (Å²) >= 11 is 5.21. The van der Waals surface area contributed by atoms with E-state index in [4.69, 9.17) is 16.6 Å². The minimum absolute atomic E-state index is 0.253. The fraction of sp³-hybridized carbons (Fsp3) is 0.467. The molecule has 0 saturated carbocycles. The first-order chi connectivity index (χ1) is 10.1. The summed E-state index contributed by atoms with van der Waals surface area (Å²) in [6.45, 7) is 5.20. The number of hydrogen-bond donors (Lipinski definition) is 1. The standard InChI is InChI=1S/C15H18FN3OS/c1-11-6-8-18(9-7-11)10-19-15(21)20-14(17-19)12-4-2-3-5-13(12)16/h2-5,11H,6-10H2,1H3/p+1. The highest BCUT2D eigenvalue weighted by Crippen LogP contribution is 2.20. The van der Waals surface area contributed by atoms with E-state index in [9.17, 15) is 4.39 Å². The minimum Gasteiger partial charge on any atom is -0.409 e. The normalized spacial score (nSPS) is 22.4. The van der Waals surface area contributed by atoms with Gasteiger partial charge in [0, 0.05) is 0 Å². The zero-order chi connectivity index (χ0) is 14.8. The van der Waals surface area contributed by atoms with E-state index in [2.05, 4.69) is 12.0 Å². The van der Waals surface area contributed by atoms with Gasteiger partial charge in [0.15, 0.2) is 6.67 Å². The number of halogens is 1. The number of piperidine rings is 1. The summed E-state index contributed by atoms with van der Waals surface area (Å²) in [5, 5.41) is 4.34. The van der Waals surface area contributed by atoms with Crippen molar-refractivity contribution in [2.75, 3.05) is 13.1 Å². The van der Waals surface area contributed by atoms with Crippen LogP contribution >= 0.6 is 12.2 Å². The van der Waals surface area contributed by atoms with Crippen molar-refractivity contribution < 1.29 is 13.7 Å². The van der Waals surface area contributed by atoms with Crippen LogP contribution in [0.1, 0.15) is 19.8 Å². The molecule has 2 aromatic rings. The molecule has 0 atom stereocenters. The molecule has 1 aromatic carbocycles. The largest absolute Gasteiger partial charge is 0.409 e. The number of nitrogens with one attached hydrogen (secondary N) is 1. The monoisotopic (exact) mass is 308 g/mol. The van der Waals surface area contributed by atoms with Crippen molar-refractivity contribution in [3.63, 3.8) is 0 Å². The molecule has 1 fully saturated rings. The molecule has 1 aliphatic rings. The summed E-state index contributed by atoms with van der Waals surface area (Å²) in [5.41, 5.74) is 0.351. The van der Waals surface area contributed by atoms with Crippen molar-refractivity contribution in [1.82, 2.24) is 9.78 Å². The molecular weight excluding hydrogens is 289 g/mol. The Morgan fingerprint density at radius 3 is 2.81 bits per heavy atom. The molecule has 0 aliphatic carbocycles. The van der Waals surface area contributed by atoms with Crippen LogP contribution in [-0.2, 0) is 6.67 Å². The molecule has 0 spiro atoms. The zero-order valence-electron chi connectivity index (χ0n) is 12.0. The van der Waals surface area contributed by atoms with Gasteiger partial charge in [-0.25, -0.2) is 4.39 Å². The lowest BCUT2D eigenvalue weighted by Crippen LogP contribution is -3.12. The van der Waals surface area contributed by atoms with E-state index < -0.39 is 0 Å². The van der Waals surface area contributed by atoms with Gasteiger partial charge in [0.2, 0.25) is 5.89 Å². The van der Waals surface area contributed by atoms with E-state index in [-0.39, 0.29) is 11.7 Å². The van der Waals surface area contributed by atoms with Crippen LogP contribution in [0.3, 0.4) is 0 Å². The van der Waals surface area contributed by atoms with Crippen LogP contribution in [0.2, 0.25) is 0 Å². The molecule has 3 rings (SSSR count). The van der Waals surface area contributed by atoms with Gasteiger partial charge in [0.05, 0.1) is 18.7 Å². The second-order valence-electron chi connectivity index (χ2n) is 5.74. The van der Waals surface area contributed by atoms with Crippen LogP contribution in [0.25, 0.3) is 11.5 Å². The maximum atomic E-state index is 13.8. The first-order valence-corrected chi connectivity index (χ1v) is 7.70. The third-order valence-corrected chi connectivity index (χ3v) is 4.36. The van der Waals surface area contributed by atoms with Crippen LogP contribution < -0.4 is 4.90 Å². The number of hydrogen-bond acceptors (Lipinski definition) is 3. The van der Waals surface area contributed by atoms with E-state index in [1.165, 1.54) is 23.8 Å². The molecule has 0 unspecified atom stereocenters. The van der Waals surface area contributed by atoms with Gasteiger partial charge in [0.25, 0.3) is 4.84 Å². The van der Waals surface area contributed by atoms with Gasteiger partial charge in [-0.05, 0) is 43.1 Å². The van der Waals surface area contributed by atoms with Gasteiger partial charge in [0.1, 0.15) is 5.82 Å². The van der Waals surface area contributed by atoms with Gasteiger partial charge >= 0.3 is 0 Å². The van der Waals surface area contributed by atoms with E-state index in [1.54, 1.807) is 22.9 Å². The van der Waals surface area contributed by atoms with Gasteiger partial charge in [-0.1, -0.05) is 19.1 Å². The zero-order valence-corrected chi connectivity index (χ0v) is 12.8. The summed E-state index contributed by atoms with van der Waals surface area (Å²) in [6.07, 6.45) is 2.45. The molecule has 112 valence electrons. The quantitative estimate of drug-likeness (QED) is 0.884. The first kappa shape index (κ1) is 14.4. The predicted octanol–water partition coefficient (Wildman–Crippen LogP) is 2.28. The molecule has 0 radical (unpaired) electrons. The summed E-state index contributed by atoms with van der Waals surface area (Å²) < 4.78 is 20.9. The Morgan fingerprint density at radius 1 is 1.38 bits per heavy atom. The molecule has 21 heavy (non-hydrogen) atoms. The molecule has 0 bridgehead atoms. The molecule has 1 aliphatic heterocycles. The number of benzene rings is 1. The molecule has 1 N–H and O–H groups in total. The van der Waals surface area contributed by atoms with Crippen molar-refractivity contribution >= 4 is 12.2 Å². The van der Waals surface area contributed by atoms with Crippen molar-refractivity contribution in [1.29, 1.82) is 0 Å².